The van der Waals surface area contributed by atoms with E-state index in [4.69, 9.17) is 5.11 Å². The minimum atomic E-state index is 0. The molecule has 2 fully saturated rings. The molecule has 2 aliphatic heterocycles. The van der Waals surface area contributed by atoms with Crippen LogP contribution in [0.4, 0.5) is 0 Å². The number of amides is 1. The summed E-state index contributed by atoms with van der Waals surface area (Å²) in [5, 5.41) is 23.6. The SMILES string of the molecule is Cc1ccc(CO)cn1.O=C(c1ccc2n[nH]nc2c1)N1CC2(CC[N-]CC2)C1.[Y]. The molecule has 5 rings (SSSR count). The smallest absolute Gasteiger partial charge is 0.253 e. The number of carbonyl (C=O) groups is 1. The summed E-state index contributed by atoms with van der Waals surface area (Å²) in [7, 11) is 0. The van der Waals surface area contributed by atoms with E-state index in [1.165, 1.54) is 0 Å². The maximum Gasteiger partial charge on any atom is 0.253 e. The molecule has 0 bridgehead atoms. The Morgan fingerprint density at radius 2 is 1.90 bits per heavy atom. The number of hydrogen-bond donors (Lipinski definition) is 2. The fourth-order valence-corrected chi connectivity index (χ4v) is 3.84. The van der Waals surface area contributed by atoms with Gasteiger partial charge in [0, 0.05) is 68.7 Å². The summed E-state index contributed by atoms with van der Waals surface area (Å²) >= 11 is 0. The van der Waals surface area contributed by atoms with Crippen LogP contribution in [0.3, 0.4) is 0 Å². The van der Waals surface area contributed by atoms with Crippen molar-refractivity contribution in [2.24, 2.45) is 5.41 Å². The number of nitrogens with zero attached hydrogens (tertiary/aromatic N) is 5. The monoisotopic (exact) mass is 482 g/mol. The van der Waals surface area contributed by atoms with Gasteiger partial charge in [-0.25, -0.2) is 0 Å². The van der Waals surface area contributed by atoms with Crippen LogP contribution >= 0.6 is 0 Å². The quantitative estimate of drug-likeness (QED) is 0.584. The Hall–Kier alpha value is -1.74. The number of piperidine rings is 1. The molecule has 1 radical (unpaired) electrons. The molecule has 2 aromatic heterocycles. The van der Waals surface area contributed by atoms with Crippen molar-refractivity contribution in [3.05, 3.63) is 58.7 Å². The number of benzene rings is 1. The molecule has 4 heterocycles. The number of H-pyrrole nitrogens is 1. The normalized spacial score (nSPS) is 16.9. The molecule has 0 saturated carbocycles. The van der Waals surface area contributed by atoms with Crippen LogP contribution in [0.25, 0.3) is 16.4 Å². The van der Waals surface area contributed by atoms with Crippen LogP contribution in [-0.4, -0.2) is 62.5 Å². The predicted octanol–water partition coefficient (Wildman–Crippen LogP) is 2.45. The third-order valence-corrected chi connectivity index (χ3v) is 5.66. The van der Waals surface area contributed by atoms with Gasteiger partial charge in [-0.2, -0.15) is 15.4 Å². The number of fused-ring (bicyclic) bond motifs is 1. The first-order chi connectivity index (χ1) is 14.1. The molecule has 2 aliphatic rings. The Labute approximate surface area is 200 Å². The van der Waals surface area contributed by atoms with Crippen molar-refractivity contribution in [1.29, 1.82) is 0 Å². The molecule has 9 heteroatoms. The summed E-state index contributed by atoms with van der Waals surface area (Å²) in [6.45, 7) is 5.64. The van der Waals surface area contributed by atoms with Crippen molar-refractivity contribution < 1.29 is 42.6 Å². The Bertz CT molecular complexity index is 977. The van der Waals surface area contributed by atoms with E-state index in [1.54, 1.807) is 6.20 Å². The number of carbonyl (C=O) groups excluding carboxylic acids is 1. The first-order valence-electron chi connectivity index (χ1n) is 9.84. The molecular formula is C21H25N6O2Y-. The number of aromatic nitrogens is 4. The maximum atomic E-state index is 12.5. The topological polar surface area (TPSA) is 109 Å². The first-order valence-corrected chi connectivity index (χ1v) is 9.84. The van der Waals surface area contributed by atoms with Crippen LogP contribution < -0.4 is 0 Å². The van der Waals surface area contributed by atoms with E-state index in [1.807, 2.05) is 42.2 Å². The van der Waals surface area contributed by atoms with Crippen molar-refractivity contribution >= 4 is 16.9 Å². The van der Waals surface area contributed by atoms with Crippen molar-refractivity contribution in [2.45, 2.75) is 26.4 Å². The predicted molar refractivity (Wildman–Crippen MR) is 109 cm³/mol. The average molecular weight is 482 g/mol. The van der Waals surface area contributed by atoms with Gasteiger partial charge in [0.1, 0.15) is 11.0 Å². The molecule has 0 unspecified atom stereocenters. The molecule has 0 aliphatic carbocycles. The number of aromatic amines is 1. The van der Waals surface area contributed by atoms with E-state index in [0.29, 0.717) is 11.0 Å². The molecule has 155 valence electrons. The van der Waals surface area contributed by atoms with Crippen LogP contribution in [-0.2, 0) is 39.3 Å². The van der Waals surface area contributed by atoms with E-state index < -0.39 is 0 Å². The number of aryl methyl sites for hydroxylation is 1. The van der Waals surface area contributed by atoms with Gasteiger partial charge in [0.15, 0.2) is 0 Å². The Kier molecular flexibility index (Phi) is 7.68. The molecule has 1 aromatic carbocycles. The number of rotatable bonds is 2. The van der Waals surface area contributed by atoms with Gasteiger partial charge in [0.25, 0.3) is 5.91 Å². The van der Waals surface area contributed by atoms with Crippen LogP contribution in [0.2, 0.25) is 0 Å². The summed E-state index contributed by atoms with van der Waals surface area (Å²) in [5.41, 5.74) is 4.41. The van der Waals surface area contributed by atoms with Gasteiger partial charge in [-0.05, 0) is 36.8 Å². The van der Waals surface area contributed by atoms with Crippen LogP contribution in [0.1, 0.15) is 34.5 Å². The molecular weight excluding hydrogens is 457 g/mol. The van der Waals surface area contributed by atoms with E-state index in [2.05, 4.69) is 25.7 Å². The van der Waals surface area contributed by atoms with E-state index in [0.717, 1.165) is 61.3 Å². The van der Waals surface area contributed by atoms with Gasteiger partial charge >= 0.3 is 0 Å². The minimum Gasteiger partial charge on any atom is -0.662 e. The maximum absolute atomic E-state index is 12.5. The summed E-state index contributed by atoms with van der Waals surface area (Å²) < 4.78 is 0. The zero-order valence-electron chi connectivity index (χ0n) is 17.1. The molecule has 0 atom stereocenters. The zero-order chi connectivity index (χ0) is 20.3. The minimum absolute atomic E-state index is 0. The number of pyridine rings is 1. The van der Waals surface area contributed by atoms with Crippen molar-refractivity contribution in [1.82, 2.24) is 25.3 Å². The largest absolute Gasteiger partial charge is 0.662 e. The number of hydrogen-bond acceptors (Lipinski definition) is 5. The van der Waals surface area contributed by atoms with Gasteiger partial charge in [-0.3, -0.25) is 9.78 Å². The zero-order valence-corrected chi connectivity index (χ0v) is 19.9. The Balaban J connectivity index is 0.000000218. The number of aliphatic hydroxyl groups is 1. The second-order valence-electron chi connectivity index (χ2n) is 7.83. The van der Waals surface area contributed by atoms with Gasteiger partial charge in [-0.1, -0.05) is 18.9 Å². The second-order valence-corrected chi connectivity index (χ2v) is 7.83. The van der Waals surface area contributed by atoms with Crippen molar-refractivity contribution in [3.8, 4) is 0 Å². The molecule has 3 aromatic rings. The van der Waals surface area contributed by atoms with Gasteiger partial charge in [0.2, 0.25) is 0 Å². The van der Waals surface area contributed by atoms with Gasteiger partial charge < -0.3 is 15.3 Å². The molecule has 2 saturated heterocycles. The number of aliphatic hydroxyl groups excluding tert-OH is 1. The fourth-order valence-electron chi connectivity index (χ4n) is 3.84. The summed E-state index contributed by atoms with van der Waals surface area (Å²) in [5.74, 6) is 0.100. The van der Waals surface area contributed by atoms with E-state index in [-0.39, 0.29) is 45.2 Å². The third-order valence-electron chi connectivity index (χ3n) is 5.66. The number of nitrogens with one attached hydrogen (secondary N) is 1. The molecule has 30 heavy (non-hydrogen) atoms. The first kappa shape index (κ1) is 22.9. The third kappa shape index (κ3) is 5.11. The van der Waals surface area contributed by atoms with Gasteiger partial charge in [0.05, 0.1) is 6.61 Å². The average Bonchev–Trinajstić information content (AvgIpc) is 3.21. The van der Waals surface area contributed by atoms with Crippen LogP contribution in [0, 0.1) is 12.3 Å². The van der Waals surface area contributed by atoms with Crippen molar-refractivity contribution in [3.63, 3.8) is 0 Å². The molecule has 8 nitrogen and oxygen atoms in total. The summed E-state index contributed by atoms with van der Waals surface area (Å²) in [4.78, 5) is 18.4. The van der Waals surface area contributed by atoms with E-state index >= 15 is 0 Å². The van der Waals surface area contributed by atoms with Gasteiger partial charge in [-0.15, -0.1) is 13.1 Å². The van der Waals surface area contributed by atoms with Crippen LogP contribution in [0.15, 0.2) is 36.5 Å². The second kappa shape index (κ2) is 10.0. The summed E-state index contributed by atoms with van der Waals surface area (Å²) in [6.07, 6.45) is 3.92. The van der Waals surface area contributed by atoms with E-state index in [9.17, 15) is 4.79 Å². The number of likely N-dealkylation sites (tertiary alicyclic amines) is 1. The molecule has 2 N–H and O–H groups in total. The Morgan fingerprint density at radius 3 is 2.57 bits per heavy atom. The Morgan fingerprint density at radius 1 is 1.17 bits per heavy atom. The fraction of sp³-hybridized carbons (Fsp3) is 0.429. The van der Waals surface area contributed by atoms with Crippen molar-refractivity contribution in [2.75, 3.05) is 26.2 Å². The summed E-state index contributed by atoms with van der Waals surface area (Å²) in [6, 6.07) is 9.21. The van der Waals surface area contributed by atoms with Crippen LogP contribution in [0.5, 0.6) is 0 Å². The molecule has 1 amide bonds. The standard InChI is InChI=1S/C14H16N5O.C7H9NO.Y/c20-13(10-1-2-11-12(7-10)17-18-16-11)19-8-14(9-19)3-5-15-6-4-14;1-6-2-3-7(5-9)4-8-6;/h1-2,7H,3-6,8-9H2,(H,16,17,18);2-4,9H,5H2,1H3;/q-1;;. The molecule has 1 spiro atoms.